The van der Waals surface area contributed by atoms with Crippen LogP contribution in [0.2, 0.25) is 5.02 Å². The fraction of sp³-hybridized carbons (Fsp3) is 0.158. The molecule has 1 aliphatic rings. The number of nitrogens with one attached hydrogen (secondary N) is 1. The van der Waals surface area contributed by atoms with E-state index in [1.54, 1.807) is 29.1 Å². The molecule has 0 fully saturated rings. The number of hydrogen-bond donors (Lipinski definition) is 2. The average Bonchev–Trinajstić information content (AvgIpc) is 2.99. The number of phenolic OH excluding ortho intramolecular Hbond substituents is 1. The quantitative estimate of drug-likeness (QED) is 0.753. The SMILES string of the molecule is O=C1C[C@@H](c2cccc(O)c2)c2cnn(Cc3ccc(Cl)cc3)c2N1. The third-order valence-electron chi connectivity index (χ3n) is 4.41. The molecular weight excluding hydrogens is 338 g/mol. The maximum absolute atomic E-state index is 12.2. The third-order valence-corrected chi connectivity index (χ3v) is 4.66. The fourth-order valence-corrected chi connectivity index (χ4v) is 3.32. The summed E-state index contributed by atoms with van der Waals surface area (Å²) < 4.78 is 1.78. The van der Waals surface area contributed by atoms with Gasteiger partial charge in [-0.05, 0) is 35.4 Å². The summed E-state index contributed by atoms with van der Waals surface area (Å²) in [6.45, 7) is 0.541. The maximum Gasteiger partial charge on any atom is 0.226 e. The number of nitrogens with zero attached hydrogens (tertiary/aromatic N) is 2. The Morgan fingerprint density at radius 1 is 1.24 bits per heavy atom. The molecule has 0 bridgehead atoms. The summed E-state index contributed by atoms with van der Waals surface area (Å²) in [5.41, 5.74) is 2.91. The molecule has 1 amide bonds. The van der Waals surface area contributed by atoms with Crippen molar-refractivity contribution < 1.29 is 9.90 Å². The van der Waals surface area contributed by atoms with E-state index in [0.29, 0.717) is 23.8 Å². The molecule has 126 valence electrons. The average molecular weight is 354 g/mol. The van der Waals surface area contributed by atoms with Crippen molar-refractivity contribution in [3.05, 3.63) is 76.4 Å². The maximum atomic E-state index is 12.2. The van der Waals surface area contributed by atoms with Crippen molar-refractivity contribution in [1.29, 1.82) is 0 Å². The molecule has 3 aromatic rings. The number of fused-ring (bicyclic) bond motifs is 1. The highest BCUT2D eigenvalue weighted by atomic mass is 35.5. The Balaban J connectivity index is 1.70. The topological polar surface area (TPSA) is 67.1 Å². The van der Waals surface area contributed by atoms with Crippen LogP contribution in [0.25, 0.3) is 0 Å². The summed E-state index contributed by atoms with van der Waals surface area (Å²) in [6.07, 6.45) is 2.13. The van der Waals surface area contributed by atoms with E-state index in [1.165, 1.54) is 0 Å². The molecule has 2 aromatic carbocycles. The highest BCUT2D eigenvalue weighted by Gasteiger charge is 2.30. The normalized spacial score (nSPS) is 16.4. The fourth-order valence-electron chi connectivity index (χ4n) is 3.19. The van der Waals surface area contributed by atoms with Gasteiger partial charge in [-0.25, -0.2) is 4.68 Å². The number of hydrogen-bond acceptors (Lipinski definition) is 3. The van der Waals surface area contributed by atoms with Gasteiger partial charge in [0.05, 0.1) is 12.7 Å². The zero-order valence-corrected chi connectivity index (χ0v) is 14.1. The number of carbonyl (C=O) groups excluding carboxylic acids is 1. The second kappa shape index (κ2) is 6.26. The van der Waals surface area contributed by atoms with Crippen LogP contribution >= 0.6 is 11.6 Å². The molecule has 0 unspecified atom stereocenters. The van der Waals surface area contributed by atoms with Gasteiger partial charge in [0.2, 0.25) is 5.91 Å². The predicted octanol–water partition coefficient (Wildman–Crippen LogP) is 3.76. The largest absolute Gasteiger partial charge is 0.508 e. The molecule has 0 aliphatic carbocycles. The van der Waals surface area contributed by atoms with Crippen molar-refractivity contribution in [3.63, 3.8) is 0 Å². The first-order chi connectivity index (χ1) is 12.1. The van der Waals surface area contributed by atoms with E-state index in [0.717, 1.165) is 16.7 Å². The van der Waals surface area contributed by atoms with Gasteiger partial charge in [-0.2, -0.15) is 5.10 Å². The van der Waals surface area contributed by atoms with Crippen LogP contribution < -0.4 is 5.32 Å². The van der Waals surface area contributed by atoms with Gasteiger partial charge < -0.3 is 10.4 Å². The van der Waals surface area contributed by atoms with Crippen molar-refractivity contribution in [2.45, 2.75) is 18.9 Å². The minimum Gasteiger partial charge on any atom is -0.508 e. The zero-order valence-electron chi connectivity index (χ0n) is 13.3. The van der Waals surface area contributed by atoms with Crippen molar-refractivity contribution in [2.24, 2.45) is 0 Å². The second-order valence-electron chi connectivity index (χ2n) is 6.13. The number of carbonyl (C=O) groups is 1. The van der Waals surface area contributed by atoms with Gasteiger partial charge in [-0.3, -0.25) is 4.79 Å². The molecule has 0 radical (unpaired) electrons. The number of benzene rings is 2. The van der Waals surface area contributed by atoms with Crippen molar-refractivity contribution in [1.82, 2.24) is 9.78 Å². The second-order valence-corrected chi connectivity index (χ2v) is 6.57. The number of halogens is 1. The molecule has 1 atom stereocenters. The molecule has 6 heteroatoms. The van der Waals surface area contributed by atoms with E-state index >= 15 is 0 Å². The highest BCUT2D eigenvalue weighted by molar-refractivity contribution is 6.30. The number of rotatable bonds is 3. The zero-order chi connectivity index (χ0) is 17.4. The smallest absolute Gasteiger partial charge is 0.226 e. The monoisotopic (exact) mass is 353 g/mol. The first-order valence-electron chi connectivity index (χ1n) is 7.99. The van der Waals surface area contributed by atoms with E-state index in [9.17, 15) is 9.90 Å². The van der Waals surface area contributed by atoms with E-state index < -0.39 is 0 Å². The molecule has 5 nitrogen and oxygen atoms in total. The molecule has 0 spiro atoms. The Morgan fingerprint density at radius 2 is 2.04 bits per heavy atom. The van der Waals surface area contributed by atoms with E-state index in [4.69, 9.17) is 11.6 Å². The van der Waals surface area contributed by atoms with Gasteiger partial charge >= 0.3 is 0 Å². The van der Waals surface area contributed by atoms with E-state index in [1.807, 2.05) is 30.3 Å². The summed E-state index contributed by atoms with van der Waals surface area (Å²) in [5.74, 6) is 0.728. The molecule has 25 heavy (non-hydrogen) atoms. The van der Waals surface area contributed by atoms with Crippen LogP contribution in [0.1, 0.15) is 29.0 Å². The Morgan fingerprint density at radius 3 is 2.80 bits per heavy atom. The lowest BCUT2D eigenvalue weighted by Gasteiger charge is -2.24. The Kier molecular flexibility index (Phi) is 3.93. The van der Waals surface area contributed by atoms with Gasteiger partial charge in [0.1, 0.15) is 11.6 Å². The van der Waals surface area contributed by atoms with Gasteiger partial charge in [0, 0.05) is 22.9 Å². The van der Waals surface area contributed by atoms with Gasteiger partial charge in [-0.1, -0.05) is 35.9 Å². The molecule has 0 saturated heterocycles. The van der Waals surface area contributed by atoms with Crippen LogP contribution in [-0.4, -0.2) is 20.8 Å². The number of anilines is 1. The third kappa shape index (κ3) is 3.10. The van der Waals surface area contributed by atoms with Gasteiger partial charge in [0.25, 0.3) is 0 Å². The molecule has 1 aliphatic heterocycles. The highest BCUT2D eigenvalue weighted by Crippen LogP contribution is 2.38. The number of aromatic hydroxyl groups is 1. The number of aromatic nitrogens is 2. The first-order valence-corrected chi connectivity index (χ1v) is 8.37. The van der Waals surface area contributed by atoms with Crippen LogP contribution in [0.4, 0.5) is 5.82 Å². The van der Waals surface area contributed by atoms with Crippen LogP contribution in [0, 0.1) is 0 Å². The first kappa shape index (κ1) is 15.7. The standard InChI is InChI=1S/C19H16ClN3O2/c20-14-6-4-12(5-7-14)11-23-19-17(10-21-23)16(9-18(25)22-19)13-2-1-3-15(24)8-13/h1-8,10,16,24H,9,11H2,(H,22,25)/t16-/m0/s1. The van der Waals surface area contributed by atoms with Crippen LogP contribution in [0.3, 0.4) is 0 Å². The summed E-state index contributed by atoms with van der Waals surface area (Å²) in [6, 6.07) is 14.6. The van der Waals surface area contributed by atoms with Crippen LogP contribution in [-0.2, 0) is 11.3 Å². The molecule has 0 saturated carbocycles. The molecular formula is C19H16ClN3O2. The Hall–Kier alpha value is -2.79. The Labute approximate surface area is 149 Å². The van der Waals surface area contributed by atoms with Gasteiger partial charge in [-0.15, -0.1) is 0 Å². The molecule has 2 heterocycles. The number of amides is 1. The summed E-state index contributed by atoms with van der Waals surface area (Å²) in [7, 11) is 0. The van der Waals surface area contributed by atoms with Crippen LogP contribution in [0.5, 0.6) is 5.75 Å². The summed E-state index contributed by atoms with van der Waals surface area (Å²) >= 11 is 5.93. The molecule has 4 rings (SSSR count). The van der Waals surface area contributed by atoms with Crippen LogP contribution in [0.15, 0.2) is 54.7 Å². The summed E-state index contributed by atoms with van der Waals surface area (Å²) in [5, 5.41) is 17.8. The number of phenols is 1. The molecule has 1 aromatic heterocycles. The minimum atomic E-state index is -0.116. The lowest BCUT2D eigenvalue weighted by Crippen LogP contribution is -2.25. The van der Waals surface area contributed by atoms with Crippen molar-refractivity contribution in [2.75, 3.05) is 5.32 Å². The lowest BCUT2D eigenvalue weighted by molar-refractivity contribution is -0.116. The Bertz CT molecular complexity index is 934. The summed E-state index contributed by atoms with van der Waals surface area (Å²) in [4.78, 5) is 12.2. The molecule has 2 N–H and O–H groups in total. The predicted molar refractivity (Wildman–Crippen MR) is 96.0 cm³/mol. The lowest BCUT2D eigenvalue weighted by atomic mass is 9.87. The van der Waals surface area contributed by atoms with Crippen molar-refractivity contribution in [3.8, 4) is 5.75 Å². The minimum absolute atomic E-state index is 0.0568. The van der Waals surface area contributed by atoms with E-state index in [2.05, 4.69) is 10.4 Å². The van der Waals surface area contributed by atoms with Gasteiger partial charge in [0.15, 0.2) is 0 Å². The van der Waals surface area contributed by atoms with Crippen molar-refractivity contribution >= 4 is 23.3 Å². The van der Waals surface area contributed by atoms with E-state index in [-0.39, 0.29) is 17.6 Å².